The van der Waals surface area contributed by atoms with Gasteiger partial charge in [0.25, 0.3) is 0 Å². The van der Waals surface area contributed by atoms with Crippen molar-refractivity contribution in [3.63, 3.8) is 0 Å². The van der Waals surface area contributed by atoms with Gasteiger partial charge in [0.05, 0.1) is 0 Å². The lowest BCUT2D eigenvalue weighted by molar-refractivity contribution is 0.386. The molecule has 94 valence electrons. The zero-order valence-electron chi connectivity index (χ0n) is 10.5. The van der Waals surface area contributed by atoms with Crippen molar-refractivity contribution in [3.05, 3.63) is 11.7 Å². The molecule has 1 atom stereocenters. The second kappa shape index (κ2) is 5.08. The Hall–Kier alpha value is -1.04. The maximum Gasteiger partial charge on any atom is 0.223 e. The van der Waals surface area contributed by atoms with Gasteiger partial charge in [0.15, 0.2) is 11.0 Å². The van der Waals surface area contributed by atoms with Crippen LogP contribution in [0.2, 0.25) is 0 Å². The average molecular weight is 254 g/mol. The van der Waals surface area contributed by atoms with Crippen LogP contribution in [0.15, 0.2) is 9.52 Å². The number of aliphatic imine (C=N–C) groups is 1. The summed E-state index contributed by atoms with van der Waals surface area (Å²) in [5, 5.41) is 8.30. The van der Waals surface area contributed by atoms with Crippen LogP contribution in [0.25, 0.3) is 0 Å². The third-order valence-electron chi connectivity index (χ3n) is 3.02. The molecule has 0 saturated carbocycles. The van der Waals surface area contributed by atoms with Gasteiger partial charge >= 0.3 is 0 Å². The van der Waals surface area contributed by atoms with Crippen molar-refractivity contribution >= 4 is 16.9 Å². The van der Waals surface area contributed by atoms with Gasteiger partial charge in [0, 0.05) is 18.2 Å². The topological polar surface area (TPSA) is 63.3 Å². The summed E-state index contributed by atoms with van der Waals surface area (Å²) in [4.78, 5) is 8.62. The minimum absolute atomic E-state index is 0.178. The summed E-state index contributed by atoms with van der Waals surface area (Å²) in [6, 6.07) is 0. The molecule has 0 aromatic carbocycles. The summed E-state index contributed by atoms with van der Waals surface area (Å²) in [7, 11) is 0. The third kappa shape index (κ3) is 3.21. The number of aryl methyl sites for hydroxylation is 1. The first-order valence-electron chi connectivity index (χ1n) is 5.86. The number of rotatable bonds is 3. The molecule has 1 saturated heterocycles. The van der Waals surface area contributed by atoms with Crippen molar-refractivity contribution in [1.82, 2.24) is 15.5 Å². The molecule has 1 aromatic rings. The lowest BCUT2D eigenvalue weighted by atomic mass is 9.96. The average Bonchev–Trinajstić information content (AvgIpc) is 2.73. The molecular formula is C11H18N4OS. The second-order valence-electron chi connectivity index (χ2n) is 4.49. The fraction of sp³-hybridized carbons (Fsp3) is 0.727. The summed E-state index contributed by atoms with van der Waals surface area (Å²) >= 11 is 1.76. The molecule has 17 heavy (non-hydrogen) atoms. The summed E-state index contributed by atoms with van der Waals surface area (Å²) in [6.07, 6.45) is 2.28. The van der Waals surface area contributed by atoms with Crippen molar-refractivity contribution in [2.45, 2.75) is 45.7 Å². The molecule has 6 heteroatoms. The predicted octanol–water partition coefficient (Wildman–Crippen LogP) is 2.13. The van der Waals surface area contributed by atoms with Crippen LogP contribution < -0.4 is 5.32 Å². The molecule has 1 N–H and O–H groups in total. The van der Waals surface area contributed by atoms with Crippen LogP contribution in [-0.2, 0) is 6.54 Å². The highest BCUT2D eigenvalue weighted by Gasteiger charge is 2.27. The maximum atomic E-state index is 4.91. The molecule has 5 nitrogen and oxygen atoms in total. The first-order chi connectivity index (χ1) is 8.11. The smallest absolute Gasteiger partial charge is 0.223 e. The normalized spacial score (nSPS) is 27.1. The van der Waals surface area contributed by atoms with E-state index in [9.17, 15) is 0 Å². The number of hydrogen-bond donors (Lipinski definition) is 1. The molecule has 0 amide bonds. The maximum absolute atomic E-state index is 4.91. The fourth-order valence-corrected chi connectivity index (χ4v) is 2.85. The Bertz CT molecular complexity index is 417. The minimum atomic E-state index is 0.178. The first kappa shape index (κ1) is 12.4. The van der Waals surface area contributed by atoms with Crippen molar-refractivity contribution in [1.29, 1.82) is 0 Å². The van der Waals surface area contributed by atoms with Crippen molar-refractivity contribution in [2.75, 3.05) is 5.75 Å². The van der Waals surface area contributed by atoms with Crippen molar-refractivity contribution in [3.8, 4) is 0 Å². The lowest BCUT2D eigenvalue weighted by Gasteiger charge is -2.35. The van der Waals surface area contributed by atoms with Gasteiger partial charge in [0.2, 0.25) is 5.89 Å². The molecule has 1 aliphatic heterocycles. The van der Waals surface area contributed by atoms with Gasteiger partial charge in [-0.2, -0.15) is 4.98 Å². The summed E-state index contributed by atoms with van der Waals surface area (Å²) < 4.78 is 4.91. The van der Waals surface area contributed by atoms with Crippen LogP contribution >= 0.6 is 11.8 Å². The molecule has 0 spiro atoms. The van der Waals surface area contributed by atoms with E-state index in [4.69, 9.17) is 4.52 Å². The van der Waals surface area contributed by atoms with Crippen LogP contribution in [0.1, 0.15) is 38.4 Å². The van der Waals surface area contributed by atoms with Gasteiger partial charge in [-0.3, -0.25) is 4.99 Å². The Morgan fingerprint density at radius 2 is 2.41 bits per heavy atom. The minimum Gasteiger partial charge on any atom is -0.360 e. The number of nitrogens with zero attached hydrogens (tertiary/aromatic N) is 3. The molecule has 1 aliphatic rings. The third-order valence-corrected chi connectivity index (χ3v) is 3.93. The molecule has 2 rings (SSSR count). The molecule has 1 aromatic heterocycles. The van der Waals surface area contributed by atoms with E-state index in [1.54, 1.807) is 18.7 Å². The van der Waals surface area contributed by atoms with Gasteiger partial charge in [-0.15, -0.1) is 0 Å². The van der Waals surface area contributed by atoms with Crippen molar-refractivity contribution < 1.29 is 4.52 Å². The van der Waals surface area contributed by atoms with E-state index >= 15 is 0 Å². The van der Waals surface area contributed by atoms with Gasteiger partial charge in [-0.1, -0.05) is 23.8 Å². The standard InChI is InChI=1S/C11H18N4OS/c1-4-11(3)5-6-17-10(14-11)12-7-9-13-8(2)16-15-9/h4-7H2,1-3H3,(H,12,14). The van der Waals surface area contributed by atoms with Crippen LogP contribution in [0.5, 0.6) is 0 Å². The highest BCUT2D eigenvalue weighted by atomic mass is 32.2. The Morgan fingerprint density at radius 3 is 3.06 bits per heavy atom. The van der Waals surface area contributed by atoms with Crippen LogP contribution in [0.4, 0.5) is 0 Å². The van der Waals surface area contributed by atoms with E-state index in [1.165, 1.54) is 6.42 Å². The number of amidine groups is 1. The molecule has 1 unspecified atom stereocenters. The summed E-state index contributed by atoms with van der Waals surface area (Å²) in [6.45, 7) is 6.70. The Labute approximate surface area is 105 Å². The molecule has 1 fully saturated rings. The van der Waals surface area contributed by atoms with E-state index in [0.29, 0.717) is 18.3 Å². The summed E-state index contributed by atoms with van der Waals surface area (Å²) in [5.74, 6) is 2.34. The number of thioether (sulfide) groups is 1. The van der Waals surface area contributed by atoms with E-state index in [0.717, 1.165) is 17.3 Å². The van der Waals surface area contributed by atoms with Crippen LogP contribution in [0, 0.1) is 6.92 Å². The largest absolute Gasteiger partial charge is 0.360 e. The van der Waals surface area contributed by atoms with E-state index in [2.05, 4.69) is 34.3 Å². The first-order valence-corrected chi connectivity index (χ1v) is 6.84. The van der Waals surface area contributed by atoms with E-state index < -0.39 is 0 Å². The van der Waals surface area contributed by atoms with Gasteiger partial charge in [-0.25, -0.2) is 0 Å². The fourth-order valence-electron chi connectivity index (χ4n) is 1.63. The Balaban J connectivity index is 1.97. The zero-order valence-corrected chi connectivity index (χ0v) is 11.3. The number of aromatic nitrogens is 2. The lowest BCUT2D eigenvalue weighted by Crippen LogP contribution is -2.48. The Morgan fingerprint density at radius 1 is 1.59 bits per heavy atom. The molecule has 0 radical (unpaired) electrons. The van der Waals surface area contributed by atoms with Crippen LogP contribution in [0.3, 0.4) is 0 Å². The van der Waals surface area contributed by atoms with Gasteiger partial charge in [-0.05, 0) is 19.8 Å². The molecule has 0 aliphatic carbocycles. The number of nitrogens with one attached hydrogen (secondary N) is 1. The van der Waals surface area contributed by atoms with Crippen LogP contribution in [-0.4, -0.2) is 26.6 Å². The number of hydrogen-bond acceptors (Lipinski definition) is 5. The zero-order chi connectivity index (χ0) is 12.3. The van der Waals surface area contributed by atoms with Crippen molar-refractivity contribution in [2.24, 2.45) is 4.99 Å². The highest BCUT2D eigenvalue weighted by molar-refractivity contribution is 8.13. The SMILES string of the molecule is CCC1(C)CCSC(=NCc2noc(C)n2)N1. The predicted molar refractivity (Wildman–Crippen MR) is 69.1 cm³/mol. The van der Waals surface area contributed by atoms with Gasteiger partial charge < -0.3 is 9.84 Å². The van der Waals surface area contributed by atoms with E-state index in [1.807, 2.05) is 0 Å². The summed E-state index contributed by atoms with van der Waals surface area (Å²) in [5.41, 5.74) is 0.178. The molecule has 0 bridgehead atoms. The van der Waals surface area contributed by atoms with Gasteiger partial charge in [0.1, 0.15) is 6.54 Å². The van der Waals surface area contributed by atoms with E-state index in [-0.39, 0.29) is 5.54 Å². The monoisotopic (exact) mass is 254 g/mol. The quantitative estimate of drug-likeness (QED) is 0.895. The molecule has 2 heterocycles. The highest BCUT2D eigenvalue weighted by Crippen LogP contribution is 2.24. The Kier molecular flexibility index (Phi) is 3.71. The molecular weight excluding hydrogens is 236 g/mol. The second-order valence-corrected chi connectivity index (χ2v) is 5.57.